The molecule has 0 aromatic carbocycles. The Morgan fingerprint density at radius 3 is 0.480 bits per heavy atom. The van der Waals surface area contributed by atoms with Gasteiger partial charge in [0.25, 0.3) is 0 Å². The van der Waals surface area contributed by atoms with Gasteiger partial charge in [0, 0.05) is 0 Å². The van der Waals surface area contributed by atoms with Gasteiger partial charge in [-0.15, -0.1) is 12.4 Å². The summed E-state index contributed by atoms with van der Waals surface area (Å²) in [7, 11) is 0. The number of unbranched alkanes of at least 4 members (excludes halogenated alkanes) is 21. The maximum Gasteiger partial charge on any atom is -0.0533 e. The molecule has 0 nitrogen and oxygen atoms in total. The van der Waals surface area contributed by atoms with Crippen LogP contribution in [0.25, 0.3) is 0 Å². The second-order valence-corrected chi connectivity index (χ2v) is 8.07. The minimum Gasteiger partial charge on any atom is -0.147 e. The molecule has 0 atom stereocenters. The van der Waals surface area contributed by atoms with Crippen molar-refractivity contribution in [2.24, 2.45) is 0 Å². The van der Waals surface area contributed by atoms with Crippen LogP contribution in [0.4, 0.5) is 0 Å². The molecule has 0 aliphatic carbocycles. The molecular weight excluding hydrogens is 324 g/mol. The Labute approximate surface area is 167 Å². The van der Waals surface area contributed by atoms with E-state index in [2.05, 4.69) is 13.8 Å². The predicted octanol–water partition coefficient (Wildman–Crippen LogP) is 10.0. The molecule has 0 aromatic heterocycles. The van der Waals surface area contributed by atoms with Crippen molar-refractivity contribution < 1.29 is 0 Å². The van der Waals surface area contributed by atoms with E-state index in [1.807, 2.05) is 0 Å². The monoisotopic (exact) mass is 374 g/mol. The fraction of sp³-hybridized carbons (Fsp3) is 1.00. The Morgan fingerprint density at radius 2 is 0.360 bits per heavy atom. The van der Waals surface area contributed by atoms with Gasteiger partial charge in [0.05, 0.1) is 0 Å². The van der Waals surface area contributed by atoms with E-state index < -0.39 is 0 Å². The van der Waals surface area contributed by atoms with Crippen molar-refractivity contribution in [1.29, 1.82) is 0 Å². The van der Waals surface area contributed by atoms with Crippen LogP contribution >= 0.6 is 12.4 Å². The molecule has 0 unspecified atom stereocenters. The second-order valence-electron chi connectivity index (χ2n) is 8.07. The maximum atomic E-state index is 2.30. The highest BCUT2D eigenvalue weighted by molar-refractivity contribution is 5.85. The molecule has 0 rings (SSSR count). The number of halogens is 1. The summed E-state index contributed by atoms with van der Waals surface area (Å²) in [5.41, 5.74) is 0. The lowest BCUT2D eigenvalue weighted by molar-refractivity contribution is 0.520. The van der Waals surface area contributed by atoms with Crippen LogP contribution < -0.4 is 0 Å². The third-order valence-corrected chi connectivity index (χ3v) is 5.46. The van der Waals surface area contributed by atoms with Crippen LogP contribution in [0.15, 0.2) is 0 Å². The van der Waals surface area contributed by atoms with Crippen molar-refractivity contribution in [3.05, 3.63) is 0 Å². The highest BCUT2D eigenvalue weighted by atomic mass is 35.5. The lowest BCUT2D eigenvalue weighted by atomic mass is 10.0. The van der Waals surface area contributed by atoms with Crippen LogP contribution in [0.5, 0.6) is 0 Å². The van der Waals surface area contributed by atoms with E-state index in [1.54, 1.807) is 0 Å². The van der Waals surface area contributed by atoms with Crippen LogP contribution in [-0.4, -0.2) is 0 Å². The van der Waals surface area contributed by atoms with Gasteiger partial charge in [-0.1, -0.05) is 155 Å². The smallest absolute Gasteiger partial charge is 0.0533 e. The quantitative estimate of drug-likeness (QED) is 0.175. The first-order valence-electron chi connectivity index (χ1n) is 11.9. The lowest BCUT2D eigenvalue weighted by Gasteiger charge is -2.04. The third-order valence-electron chi connectivity index (χ3n) is 5.46. The van der Waals surface area contributed by atoms with Gasteiger partial charge >= 0.3 is 0 Å². The highest BCUT2D eigenvalue weighted by Gasteiger charge is 1.95. The van der Waals surface area contributed by atoms with E-state index in [-0.39, 0.29) is 12.4 Å². The standard InChI is InChI=1S/C24H50.ClH/c1-3-5-7-9-11-13-15-17-19-21-23-24-22-20-18-16-14-12-10-8-6-4-2;/h3-24H2,1-2H3;1H. The van der Waals surface area contributed by atoms with Gasteiger partial charge < -0.3 is 0 Å². The van der Waals surface area contributed by atoms with Crippen LogP contribution in [0.2, 0.25) is 0 Å². The Bertz CT molecular complexity index is 180. The molecule has 0 saturated heterocycles. The van der Waals surface area contributed by atoms with Crippen LogP contribution in [0, 0.1) is 0 Å². The van der Waals surface area contributed by atoms with Crippen molar-refractivity contribution in [3.8, 4) is 0 Å². The van der Waals surface area contributed by atoms with Gasteiger partial charge in [0.1, 0.15) is 0 Å². The molecule has 0 aliphatic heterocycles. The number of hydrogen-bond donors (Lipinski definition) is 0. The summed E-state index contributed by atoms with van der Waals surface area (Å²) < 4.78 is 0. The topological polar surface area (TPSA) is 0 Å². The molecule has 0 radical (unpaired) electrons. The zero-order valence-corrected chi connectivity index (χ0v) is 18.8. The van der Waals surface area contributed by atoms with Gasteiger partial charge in [-0.2, -0.15) is 0 Å². The molecule has 0 bridgehead atoms. The zero-order valence-electron chi connectivity index (χ0n) is 18.0. The summed E-state index contributed by atoms with van der Waals surface area (Å²) in [6.45, 7) is 4.60. The van der Waals surface area contributed by atoms with Crippen LogP contribution in [0.3, 0.4) is 0 Å². The summed E-state index contributed by atoms with van der Waals surface area (Å²) in [6.07, 6.45) is 32.4. The molecule has 1 heteroatoms. The zero-order chi connectivity index (χ0) is 17.6. The molecule has 0 aromatic rings. The number of rotatable bonds is 21. The van der Waals surface area contributed by atoms with E-state index in [9.17, 15) is 0 Å². The van der Waals surface area contributed by atoms with Crippen molar-refractivity contribution in [2.75, 3.05) is 0 Å². The van der Waals surface area contributed by atoms with E-state index >= 15 is 0 Å². The summed E-state index contributed by atoms with van der Waals surface area (Å²) in [5.74, 6) is 0. The molecule has 154 valence electrons. The third kappa shape index (κ3) is 26.6. The van der Waals surface area contributed by atoms with E-state index in [4.69, 9.17) is 0 Å². The summed E-state index contributed by atoms with van der Waals surface area (Å²) in [6, 6.07) is 0. The van der Waals surface area contributed by atoms with E-state index in [1.165, 1.54) is 141 Å². The molecule has 0 saturated carbocycles. The molecule has 0 N–H and O–H groups in total. The molecular formula is C24H51Cl. The largest absolute Gasteiger partial charge is 0.147 e. The van der Waals surface area contributed by atoms with Crippen molar-refractivity contribution in [3.63, 3.8) is 0 Å². The molecule has 0 aliphatic rings. The van der Waals surface area contributed by atoms with E-state index in [0.29, 0.717) is 0 Å². The van der Waals surface area contributed by atoms with Crippen molar-refractivity contribution >= 4 is 12.4 Å². The van der Waals surface area contributed by atoms with Crippen molar-refractivity contribution in [2.45, 2.75) is 155 Å². The average Bonchev–Trinajstić information content (AvgIpc) is 2.60. The first-order valence-corrected chi connectivity index (χ1v) is 11.9. The highest BCUT2D eigenvalue weighted by Crippen LogP contribution is 2.15. The Hall–Kier alpha value is 0.290. The van der Waals surface area contributed by atoms with Gasteiger partial charge in [0.2, 0.25) is 0 Å². The van der Waals surface area contributed by atoms with Gasteiger partial charge in [-0.25, -0.2) is 0 Å². The lowest BCUT2D eigenvalue weighted by Crippen LogP contribution is -1.84. The first-order chi connectivity index (χ1) is 11.9. The molecule has 0 heterocycles. The average molecular weight is 375 g/mol. The normalized spacial score (nSPS) is 10.8. The summed E-state index contributed by atoms with van der Waals surface area (Å²) in [5, 5.41) is 0. The molecule has 0 amide bonds. The van der Waals surface area contributed by atoms with Gasteiger partial charge in [-0.05, 0) is 0 Å². The summed E-state index contributed by atoms with van der Waals surface area (Å²) >= 11 is 0. The van der Waals surface area contributed by atoms with Gasteiger partial charge in [0.15, 0.2) is 0 Å². The molecule has 25 heavy (non-hydrogen) atoms. The van der Waals surface area contributed by atoms with Crippen LogP contribution in [0.1, 0.15) is 155 Å². The molecule has 0 spiro atoms. The Morgan fingerprint density at radius 1 is 0.240 bits per heavy atom. The fourth-order valence-corrected chi connectivity index (χ4v) is 3.68. The number of hydrogen-bond acceptors (Lipinski definition) is 0. The summed E-state index contributed by atoms with van der Waals surface area (Å²) in [4.78, 5) is 0. The fourth-order valence-electron chi connectivity index (χ4n) is 3.68. The Kier molecular flexibility index (Phi) is 29.2. The minimum atomic E-state index is 0. The molecule has 0 fully saturated rings. The first kappa shape index (κ1) is 27.5. The Balaban J connectivity index is 0. The van der Waals surface area contributed by atoms with Crippen LogP contribution in [-0.2, 0) is 0 Å². The maximum absolute atomic E-state index is 2.30. The van der Waals surface area contributed by atoms with E-state index in [0.717, 1.165) is 0 Å². The predicted molar refractivity (Wildman–Crippen MR) is 120 cm³/mol. The second kappa shape index (κ2) is 26.5. The van der Waals surface area contributed by atoms with Crippen molar-refractivity contribution in [1.82, 2.24) is 0 Å². The SMILES string of the molecule is CCCCCCCCCCCCCCCCCCCCCCCC.Cl. The van der Waals surface area contributed by atoms with Gasteiger partial charge in [-0.3, -0.25) is 0 Å². The minimum absolute atomic E-state index is 0.